The molecule has 3 rings (SSSR count). The molecule has 1 heterocycles. The molecule has 5 nitrogen and oxygen atoms in total. The maximum atomic E-state index is 13.2. The summed E-state index contributed by atoms with van der Waals surface area (Å²) in [5.41, 5.74) is 1.39. The molecule has 0 radical (unpaired) electrons. The Balaban J connectivity index is 1.83. The Hall–Kier alpha value is -2.89. The summed E-state index contributed by atoms with van der Waals surface area (Å²) in [5.74, 6) is -0.372. The van der Waals surface area contributed by atoms with E-state index >= 15 is 0 Å². The second-order valence-corrected chi connectivity index (χ2v) is 7.35. The number of carbonyl (C=O) groups is 2. The van der Waals surface area contributed by atoms with Gasteiger partial charge in [0, 0.05) is 31.1 Å². The van der Waals surface area contributed by atoms with Gasteiger partial charge in [-0.2, -0.15) is 0 Å². The van der Waals surface area contributed by atoms with Crippen molar-refractivity contribution in [3.05, 3.63) is 65.5 Å². The summed E-state index contributed by atoms with van der Waals surface area (Å²) in [5, 5.41) is 3.00. The van der Waals surface area contributed by atoms with Gasteiger partial charge in [0.05, 0.1) is 13.0 Å². The minimum atomic E-state index is -0.384. The summed E-state index contributed by atoms with van der Waals surface area (Å²) in [4.78, 5) is 27.5. The van der Waals surface area contributed by atoms with Gasteiger partial charge in [-0.3, -0.25) is 9.59 Å². The fourth-order valence-corrected chi connectivity index (χ4v) is 3.74. The summed E-state index contributed by atoms with van der Waals surface area (Å²) >= 11 is 0. The lowest BCUT2D eigenvalue weighted by Gasteiger charge is -2.18. The van der Waals surface area contributed by atoms with E-state index in [1.165, 1.54) is 24.3 Å². The van der Waals surface area contributed by atoms with Crippen LogP contribution in [0.5, 0.6) is 5.75 Å². The molecule has 2 atom stereocenters. The molecule has 0 aromatic heterocycles. The smallest absolute Gasteiger partial charge is 0.253 e. The lowest BCUT2D eigenvalue weighted by Crippen LogP contribution is -2.36. The van der Waals surface area contributed by atoms with E-state index in [0.717, 1.165) is 24.2 Å². The number of hydrogen-bond acceptors (Lipinski definition) is 3. The number of hydrogen-bond donors (Lipinski definition) is 1. The van der Waals surface area contributed by atoms with Crippen LogP contribution in [0.3, 0.4) is 0 Å². The van der Waals surface area contributed by atoms with Crippen LogP contribution in [0.1, 0.15) is 41.6 Å². The van der Waals surface area contributed by atoms with Crippen LogP contribution in [-0.2, 0) is 4.79 Å². The molecule has 0 bridgehead atoms. The number of nitrogens with one attached hydrogen (secondary N) is 1. The van der Waals surface area contributed by atoms with Crippen LogP contribution in [0.4, 0.5) is 4.39 Å². The molecule has 0 unspecified atom stereocenters. The van der Waals surface area contributed by atoms with Crippen LogP contribution in [0, 0.1) is 11.7 Å². The summed E-state index contributed by atoms with van der Waals surface area (Å²) in [6.07, 6.45) is 1.92. The molecular weight excluding hydrogens is 371 g/mol. The highest BCUT2D eigenvalue weighted by Crippen LogP contribution is 2.35. The minimum absolute atomic E-state index is 0.0410. The summed E-state index contributed by atoms with van der Waals surface area (Å²) in [7, 11) is 1.60. The van der Waals surface area contributed by atoms with Crippen LogP contribution in [0.25, 0.3) is 0 Å². The zero-order chi connectivity index (χ0) is 20.8. The monoisotopic (exact) mass is 398 g/mol. The first kappa shape index (κ1) is 20.8. The van der Waals surface area contributed by atoms with E-state index in [1.54, 1.807) is 12.0 Å². The maximum absolute atomic E-state index is 13.2. The predicted molar refractivity (Wildman–Crippen MR) is 109 cm³/mol. The van der Waals surface area contributed by atoms with Gasteiger partial charge in [0.25, 0.3) is 5.91 Å². The van der Waals surface area contributed by atoms with Crippen molar-refractivity contribution < 1.29 is 18.7 Å². The summed E-state index contributed by atoms with van der Waals surface area (Å²) in [6.45, 7) is 3.46. The van der Waals surface area contributed by atoms with Gasteiger partial charge in [0.15, 0.2) is 0 Å². The van der Waals surface area contributed by atoms with E-state index < -0.39 is 0 Å². The first-order valence-corrected chi connectivity index (χ1v) is 10.00. The Labute approximate surface area is 170 Å². The summed E-state index contributed by atoms with van der Waals surface area (Å²) < 4.78 is 18.5. The molecule has 0 aliphatic carbocycles. The van der Waals surface area contributed by atoms with Gasteiger partial charge in [0.2, 0.25) is 5.91 Å². The Morgan fingerprint density at radius 3 is 2.62 bits per heavy atom. The normalized spacial score (nSPS) is 18.5. The van der Waals surface area contributed by atoms with Crippen molar-refractivity contribution >= 4 is 11.8 Å². The van der Waals surface area contributed by atoms with Crippen LogP contribution >= 0.6 is 0 Å². The third-order valence-corrected chi connectivity index (χ3v) is 5.39. The number of halogens is 1. The van der Waals surface area contributed by atoms with Crippen molar-refractivity contribution in [2.24, 2.45) is 5.92 Å². The van der Waals surface area contributed by atoms with Crippen LogP contribution < -0.4 is 10.1 Å². The van der Waals surface area contributed by atoms with Gasteiger partial charge >= 0.3 is 0 Å². The molecule has 0 spiro atoms. The van der Waals surface area contributed by atoms with Gasteiger partial charge in [-0.1, -0.05) is 25.5 Å². The van der Waals surface area contributed by atoms with Crippen LogP contribution in [0.15, 0.2) is 48.5 Å². The molecule has 1 aliphatic heterocycles. The molecule has 1 saturated heterocycles. The molecule has 6 heteroatoms. The fourth-order valence-electron chi connectivity index (χ4n) is 3.74. The van der Waals surface area contributed by atoms with E-state index in [-0.39, 0.29) is 29.5 Å². The average molecular weight is 398 g/mol. The van der Waals surface area contributed by atoms with Gasteiger partial charge < -0.3 is 15.0 Å². The number of methoxy groups -OCH3 is 1. The quantitative estimate of drug-likeness (QED) is 0.725. The molecule has 1 fully saturated rings. The molecular formula is C23H27FN2O3. The lowest BCUT2D eigenvalue weighted by atomic mass is 9.88. The highest BCUT2D eigenvalue weighted by atomic mass is 19.1. The number of likely N-dealkylation sites (tertiary alicyclic amines) is 1. The van der Waals surface area contributed by atoms with Crippen LogP contribution in [-0.4, -0.2) is 43.5 Å². The Bertz CT molecular complexity index is 853. The summed E-state index contributed by atoms with van der Waals surface area (Å²) in [6, 6.07) is 13.1. The Morgan fingerprint density at radius 1 is 1.17 bits per heavy atom. The molecule has 2 amide bonds. The molecule has 1 aliphatic rings. The number of rotatable bonds is 7. The van der Waals surface area contributed by atoms with E-state index in [9.17, 15) is 14.0 Å². The van der Waals surface area contributed by atoms with Crippen molar-refractivity contribution in [2.45, 2.75) is 25.7 Å². The molecule has 2 aromatic rings. The molecule has 29 heavy (non-hydrogen) atoms. The predicted octanol–water partition coefficient (Wildman–Crippen LogP) is 3.61. The molecule has 1 N–H and O–H groups in total. The second-order valence-electron chi connectivity index (χ2n) is 7.35. The Morgan fingerprint density at radius 2 is 1.93 bits per heavy atom. The third kappa shape index (κ3) is 4.94. The maximum Gasteiger partial charge on any atom is 0.253 e. The van der Waals surface area contributed by atoms with Crippen LogP contribution in [0.2, 0.25) is 0 Å². The standard InChI is InChI=1S/C23H27FN2O3/c1-3-4-12-25-22(27)21-15-26(23(28)16-8-10-18(24)11-9-16)14-20(21)17-6-5-7-19(13-17)29-2/h5-11,13,20-21H,3-4,12,14-15H2,1-2H3,(H,25,27)/t20-,21+/m0/s1. The topological polar surface area (TPSA) is 58.6 Å². The number of carbonyl (C=O) groups excluding carboxylic acids is 2. The van der Waals surface area contributed by atoms with Crippen molar-refractivity contribution in [1.82, 2.24) is 10.2 Å². The molecule has 2 aromatic carbocycles. The van der Waals surface area contributed by atoms with Gasteiger partial charge in [-0.25, -0.2) is 4.39 Å². The van der Waals surface area contributed by atoms with E-state index in [2.05, 4.69) is 12.2 Å². The number of benzene rings is 2. The van der Waals surface area contributed by atoms with Gasteiger partial charge in [-0.05, 0) is 48.4 Å². The zero-order valence-electron chi connectivity index (χ0n) is 16.9. The van der Waals surface area contributed by atoms with Crippen molar-refractivity contribution in [2.75, 3.05) is 26.7 Å². The number of nitrogens with zero attached hydrogens (tertiary/aromatic N) is 1. The number of ether oxygens (including phenoxy) is 1. The van der Waals surface area contributed by atoms with Crippen molar-refractivity contribution in [3.63, 3.8) is 0 Å². The highest BCUT2D eigenvalue weighted by molar-refractivity contribution is 5.95. The van der Waals surface area contributed by atoms with Gasteiger partial charge in [0.1, 0.15) is 11.6 Å². The van der Waals surface area contributed by atoms with E-state index in [4.69, 9.17) is 4.74 Å². The average Bonchev–Trinajstić information content (AvgIpc) is 3.19. The first-order chi connectivity index (χ1) is 14.0. The Kier molecular flexibility index (Phi) is 6.86. The van der Waals surface area contributed by atoms with Crippen molar-refractivity contribution in [1.29, 1.82) is 0 Å². The van der Waals surface area contributed by atoms with E-state index in [1.807, 2.05) is 24.3 Å². The zero-order valence-corrected chi connectivity index (χ0v) is 16.9. The fraction of sp³-hybridized carbons (Fsp3) is 0.391. The van der Waals surface area contributed by atoms with E-state index in [0.29, 0.717) is 25.2 Å². The molecule has 154 valence electrons. The van der Waals surface area contributed by atoms with Crippen molar-refractivity contribution in [3.8, 4) is 5.75 Å². The minimum Gasteiger partial charge on any atom is -0.497 e. The number of amides is 2. The molecule has 0 saturated carbocycles. The SMILES string of the molecule is CCCCNC(=O)[C@@H]1CN(C(=O)c2ccc(F)cc2)C[C@H]1c1cccc(OC)c1. The van der Waals surface area contributed by atoms with Gasteiger partial charge in [-0.15, -0.1) is 0 Å². The number of unbranched alkanes of at least 4 members (excludes halogenated alkanes) is 1. The highest BCUT2D eigenvalue weighted by Gasteiger charge is 2.40. The first-order valence-electron chi connectivity index (χ1n) is 10.00. The lowest BCUT2D eigenvalue weighted by molar-refractivity contribution is -0.124. The second kappa shape index (κ2) is 9.54. The third-order valence-electron chi connectivity index (χ3n) is 5.39. The largest absolute Gasteiger partial charge is 0.497 e.